The van der Waals surface area contributed by atoms with Gasteiger partial charge >= 0.3 is 5.97 Å². The zero-order valence-electron chi connectivity index (χ0n) is 10.6. The number of carboxylic acids is 1. The molecule has 0 radical (unpaired) electrons. The van der Waals surface area contributed by atoms with Crippen molar-refractivity contribution >= 4 is 5.97 Å². The smallest absolute Gasteiger partial charge is 0.356 e. The lowest BCUT2D eigenvalue weighted by atomic mass is 10.2. The Hall–Kier alpha value is -2.17. The van der Waals surface area contributed by atoms with Gasteiger partial charge in [0, 0.05) is 5.69 Å². The summed E-state index contributed by atoms with van der Waals surface area (Å²) in [7, 11) is 0. The van der Waals surface area contributed by atoms with Gasteiger partial charge in [-0.15, -0.1) is 0 Å². The highest BCUT2D eigenvalue weighted by Crippen LogP contribution is 2.16. The molecule has 0 fully saturated rings. The fourth-order valence-electron chi connectivity index (χ4n) is 1.89. The van der Waals surface area contributed by atoms with Crippen LogP contribution in [0.15, 0.2) is 30.3 Å². The molecule has 19 heavy (non-hydrogen) atoms. The molecule has 0 bridgehead atoms. The van der Waals surface area contributed by atoms with E-state index in [1.807, 2.05) is 0 Å². The Labute approximate surface area is 110 Å². The maximum Gasteiger partial charge on any atom is 0.356 e. The molecule has 0 aliphatic heterocycles. The van der Waals surface area contributed by atoms with Crippen LogP contribution in [0.25, 0.3) is 5.69 Å². The van der Waals surface area contributed by atoms with Crippen molar-refractivity contribution in [2.24, 2.45) is 0 Å². The van der Waals surface area contributed by atoms with Gasteiger partial charge < -0.3 is 5.11 Å². The number of halogens is 1. The molecule has 1 aromatic carbocycles. The van der Waals surface area contributed by atoms with Crippen molar-refractivity contribution in [3.63, 3.8) is 0 Å². The van der Waals surface area contributed by atoms with Crippen LogP contribution in [0.2, 0.25) is 0 Å². The van der Waals surface area contributed by atoms with E-state index in [0.717, 1.165) is 18.5 Å². The van der Waals surface area contributed by atoms with E-state index in [1.54, 1.807) is 18.2 Å². The molecule has 2 aromatic rings. The minimum atomic E-state index is -1.08. The number of carboxylic acid groups (broad SMARTS) is 1. The number of aromatic carboxylic acids is 1. The predicted octanol–water partition coefficient (Wildman–Crippen LogP) is 3.05. The molecule has 4 nitrogen and oxygen atoms in total. The number of hydrogen-bond donors (Lipinski definition) is 1. The van der Waals surface area contributed by atoms with E-state index in [-0.39, 0.29) is 11.5 Å². The Morgan fingerprint density at radius 1 is 1.42 bits per heavy atom. The molecule has 100 valence electrons. The van der Waals surface area contributed by atoms with Crippen molar-refractivity contribution in [1.29, 1.82) is 0 Å². The average molecular weight is 262 g/mol. The third-order valence-corrected chi connectivity index (χ3v) is 2.84. The van der Waals surface area contributed by atoms with Crippen LogP contribution in [0.4, 0.5) is 4.39 Å². The Morgan fingerprint density at radius 2 is 2.21 bits per heavy atom. The maximum absolute atomic E-state index is 13.2. The summed E-state index contributed by atoms with van der Waals surface area (Å²) in [4.78, 5) is 11.0. The van der Waals surface area contributed by atoms with Crippen LogP contribution < -0.4 is 0 Å². The SMILES string of the molecule is CCCCc1cc(C(=O)O)nn1-c1cccc(F)c1. The van der Waals surface area contributed by atoms with E-state index in [2.05, 4.69) is 12.0 Å². The Kier molecular flexibility index (Phi) is 3.94. The summed E-state index contributed by atoms with van der Waals surface area (Å²) in [6, 6.07) is 7.52. The maximum atomic E-state index is 13.2. The minimum absolute atomic E-state index is 0.0182. The van der Waals surface area contributed by atoms with Gasteiger partial charge in [-0.25, -0.2) is 13.9 Å². The lowest BCUT2D eigenvalue weighted by molar-refractivity contribution is 0.0690. The van der Waals surface area contributed by atoms with Crippen molar-refractivity contribution < 1.29 is 14.3 Å². The lowest BCUT2D eigenvalue weighted by Crippen LogP contribution is -2.04. The van der Waals surface area contributed by atoms with Gasteiger partial charge in [-0.1, -0.05) is 19.4 Å². The summed E-state index contributed by atoms with van der Waals surface area (Å²) in [5.74, 6) is -1.45. The number of nitrogens with zero attached hydrogens (tertiary/aromatic N) is 2. The Balaban J connectivity index is 2.44. The molecule has 0 aliphatic rings. The van der Waals surface area contributed by atoms with Crippen LogP contribution in [0.5, 0.6) is 0 Å². The molecule has 0 saturated heterocycles. The normalized spacial score (nSPS) is 10.6. The summed E-state index contributed by atoms with van der Waals surface area (Å²) in [6.07, 6.45) is 2.64. The highest BCUT2D eigenvalue weighted by atomic mass is 19.1. The molecule has 2 rings (SSSR count). The van der Waals surface area contributed by atoms with Crippen molar-refractivity contribution in [1.82, 2.24) is 9.78 Å². The van der Waals surface area contributed by atoms with Crippen LogP contribution in [0, 0.1) is 5.82 Å². The second kappa shape index (κ2) is 5.65. The molecule has 5 heteroatoms. The highest BCUT2D eigenvalue weighted by molar-refractivity contribution is 5.85. The summed E-state index contributed by atoms with van der Waals surface area (Å²) in [6.45, 7) is 2.06. The molecular formula is C14H15FN2O2. The summed E-state index contributed by atoms with van der Waals surface area (Å²) < 4.78 is 14.7. The van der Waals surface area contributed by atoms with E-state index >= 15 is 0 Å². The van der Waals surface area contributed by atoms with Gasteiger partial charge in [0.1, 0.15) is 5.82 Å². The molecule has 1 heterocycles. The van der Waals surface area contributed by atoms with Crippen molar-refractivity contribution in [3.8, 4) is 5.69 Å². The first-order valence-corrected chi connectivity index (χ1v) is 6.20. The summed E-state index contributed by atoms with van der Waals surface area (Å²) >= 11 is 0. The predicted molar refractivity (Wildman–Crippen MR) is 69.1 cm³/mol. The average Bonchev–Trinajstić information content (AvgIpc) is 2.80. The Morgan fingerprint density at radius 3 is 2.84 bits per heavy atom. The van der Waals surface area contributed by atoms with Crippen LogP contribution in [0.3, 0.4) is 0 Å². The zero-order valence-corrected chi connectivity index (χ0v) is 10.6. The van der Waals surface area contributed by atoms with Crippen LogP contribution in [-0.4, -0.2) is 20.9 Å². The number of benzene rings is 1. The monoisotopic (exact) mass is 262 g/mol. The van der Waals surface area contributed by atoms with Gasteiger partial charge in [0.15, 0.2) is 5.69 Å². The van der Waals surface area contributed by atoms with Crippen molar-refractivity contribution in [2.45, 2.75) is 26.2 Å². The first kappa shape index (κ1) is 13.3. The van der Waals surface area contributed by atoms with Crippen molar-refractivity contribution in [3.05, 3.63) is 47.5 Å². The number of hydrogen-bond acceptors (Lipinski definition) is 2. The summed E-state index contributed by atoms with van der Waals surface area (Å²) in [5, 5.41) is 13.0. The van der Waals surface area contributed by atoms with E-state index < -0.39 is 5.97 Å². The van der Waals surface area contributed by atoms with E-state index in [9.17, 15) is 9.18 Å². The van der Waals surface area contributed by atoms with Gasteiger partial charge in [0.05, 0.1) is 5.69 Å². The summed E-state index contributed by atoms with van der Waals surface area (Å²) in [5.41, 5.74) is 1.30. The standard InChI is InChI=1S/C14H15FN2O2/c1-2-3-6-12-9-13(14(18)19)16-17(12)11-7-4-5-10(15)8-11/h4-5,7-9H,2-3,6H2,1H3,(H,18,19). The third kappa shape index (κ3) is 2.99. The number of aryl methyl sites for hydroxylation is 1. The molecule has 0 atom stereocenters. The minimum Gasteiger partial charge on any atom is -0.476 e. The molecule has 0 aliphatic carbocycles. The molecule has 0 unspecified atom stereocenters. The van der Waals surface area contributed by atoms with Gasteiger partial charge in [0.2, 0.25) is 0 Å². The second-order valence-electron chi connectivity index (χ2n) is 4.32. The van der Waals surface area contributed by atoms with Gasteiger partial charge in [-0.2, -0.15) is 5.10 Å². The number of aromatic nitrogens is 2. The van der Waals surface area contributed by atoms with Crippen LogP contribution in [0.1, 0.15) is 35.9 Å². The number of carbonyl (C=O) groups is 1. The molecule has 0 spiro atoms. The quantitative estimate of drug-likeness (QED) is 0.901. The van der Waals surface area contributed by atoms with Gasteiger partial charge in [-0.3, -0.25) is 0 Å². The second-order valence-corrected chi connectivity index (χ2v) is 4.32. The van der Waals surface area contributed by atoms with E-state index in [0.29, 0.717) is 12.1 Å². The molecule has 1 aromatic heterocycles. The molecule has 1 N–H and O–H groups in total. The van der Waals surface area contributed by atoms with Gasteiger partial charge in [-0.05, 0) is 37.1 Å². The van der Waals surface area contributed by atoms with Crippen LogP contribution in [-0.2, 0) is 6.42 Å². The fraction of sp³-hybridized carbons (Fsp3) is 0.286. The number of unbranched alkanes of at least 4 members (excludes halogenated alkanes) is 1. The van der Waals surface area contributed by atoms with E-state index in [4.69, 9.17) is 5.11 Å². The van der Waals surface area contributed by atoms with Gasteiger partial charge in [0.25, 0.3) is 0 Å². The fourth-order valence-corrected chi connectivity index (χ4v) is 1.89. The highest BCUT2D eigenvalue weighted by Gasteiger charge is 2.14. The first-order chi connectivity index (χ1) is 9.11. The van der Waals surface area contributed by atoms with E-state index in [1.165, 1.54) is 16.8 Å². The molecule has 0 saturated carbocycles. The van der Waals surface area contributed by atoms with Crippen LogP contribution >= 0.6 is 0 Å². The van der Waals surface area contributed by atoms with Crippen molar-refractivity contribution in [2.75, 3.05) is 0 Å². The topological polar surface area (TPSA) is 55.1 Å². The lowest BCUT2D eigenvalue weighted by Gasteiger charge is -2.06. The molecular weight excluding hydrogens is 247 g/mol. The zero-order chi connectivity index (χ0) is 13.8. The number of rotatable bonds is 5. The largest absolute Gasteiger partial charge is 0.476 e. The Bertz CT molecular complexity index is 593. The third-order valence-electron chi connectivity index (χ3n) is 2.84. The first-order valence-electron chi connectivity index (χ1n) is 6.20. The molecule has 0 amide bonds.